The molecule has 0 spiro atoms. The van der Waals surface area contributed by atoms with Crippen LogP contribution in [0.25, 0.3) is 10.9 Å². The van der Waals surface area contributed by atoms with Crippen molar-refractivity contribution in [1.29, 1.82) is 0 Å². The highest BCUT2D eigenvalue weighted by Gasteiger charge is 2.24. The molecule has 1 fully saturated rings. The fourth-order valence-electron chi connectivity index (χ4n) is 4.64. The van der Waals surface area contributed by atoms with Gasteiger partial charge in [-0.25, -0.2) is 4.39 Å². The summed E-state index contributed by atoms with van der Waals surface area (Å²) in [6, 6.07) is 18.7. The van der Waals surface area contributed by atoms with Gasteiger partial charge in [0.15, 0.2) is 23.1 Å². The van der Waals surface area contributed by atoms with Crippen LogP contribution in [-0.2, 0) is 16.0 Å². The molecule has 0 atom stereocenters. The van der Waals surface area contributed by atoms with E-state index in [0.29, 0.717) is 53.6 Å². The maximum atomic E-state index is 15.0. The van der Waals surface area contributed by atoms with Crippen LogP contribution in [-0.4, -0.2) is 62.1 Å². The van der Waals surface area contributed by atoms with E-state index in [9.17, 15) is 14.0 Å². The first-order valence-electron chi connectivity index (χ1n) is 13.3. The Hall–Kier alpha value is -4.70. The average Bonchev–Trinajstić information content (AvgIpc) is 2.96. The molecule has 1 aliphatic rings. The van der Waals surface area contributed by atoms with Crippen molar-refractivity contribution in [2.75, 3.05) is 45.7 Å². The third kappa shape index (κ3) is 6.90. The maximum Gasteiger partial charge on any atom is 0.313 e. The first-order valence-corrected chi connectivity index (χ1v) is 13.3. The van der Waals surface area contributed by atoms with E-state index in [1.807, 2.05) is 30.3 Å². The smallest absolute Gasteiger partial charge is 0.313 e. The van der Waals surface area contributed by atoms with Crippen LogP contribution in [0.15, 0.2) is 72.9 Å². The molecule has 5 rings (SSSR count). The van der Waals surface area contributed by atoms with Crippen molar-refractivity contribution in [2.24, 2.45) is 5.92 Å². The van der Waals surface area contributed by atoms with Gasteiger partial charge in [0.2, 0.25) is 0 Å². The zero-order chi connectivity index (χ0) is 28.8. The second-order valence-electron chi connectivity index (χ2n) is 9.92. The molecule has 2 amide bonds. The Kier molecular flexibility index (Phi) is 8.59. The van der Waals surface area contributed by atoms with E-state index in [1.165, 1.54) is 12.1 Å². The number of amides is 2. The average molecular weight is 559 g/mol. The van der Waals surface area contributed by atoms with Crippen LogP contribution < -0.4 is 24.8 Å². The number of carbonyl (C=O) groups excluding carboxylic acids is 2. The molecule has 41 heavy (non-hydrogen) atoms. The van der Waals surface area contributed by atoms with Gasteiger partial charge in [0.05, 0.1) is 19.2 Å². The summed E-state index contributed by atoms with van der Waals surface area (Å²) in [5.41, 5.74) is 1.77. The van der Waals surface area contributed by atoms with E-state index in [2.05, 4.69) is 27.6 Å². The number of rotatable bonds is 10. The second-order valence-corrected chi connectivity index (χ2v) is 9.92. The minimum atomic E-state index is -0.888. The maximum absolute atomic E-state index is 15.0. The number of hydrogen-bond donors (Lipinski definition) is 2. The van der Waals surface area contributed by atoms with Gasteiger partial charge in [0.25, 0.3) is 0 Å². The number of aromatic nitrogens is 1. The van der Waals surface area contributed by atoms with Gasteiger partial charge < -0.3 is 29.7 Å². The number of methoxy groups -OCH3 is 1. The monoisotopic (exact) mass is 558 g/mol. The fourth-order valence-corrected chi connectivity index (χ4v) is 4.64. The number of benzene rings is 3. The van der Waals surface area contributed by atoms with E-state index in [-0.39, 0.29) is 11.4 Å². The molecule has 1 aliphatic heterocycles. The van der Waals surface area contributed by atoms with Gasteiger partial charge in [0, 0.05) is 55.0 Å². The van der Waals surface area contributed by atoms with Crippen LogP contribution in [0.1, 0.15) is 5.56 Å². The summed E-state index contributed by atoms with van der Waals surface area (Å²) in [6.45, 7) is 2.85. The van der Waals surface area contributed by atoms with Gasteiger partial charge in [-0.15, -0.1) is 0 Å². The van der Waals surface area contributed by atoms with Crippen LogP contribution in [0, 0.1) is 11.7 Å². The molecule has 0 bridgehead atoms. The topological polar surface area (TPSA) is 102 Å². The lowest BCUT2D eigenvalue weighted by Gasteiger charge is -2.35. The van der Waals surface area contributed by atoms with Crippen molar-refractivity contribution in [1.82, 2.24) is 15.2 Å². The zero-order valence-electron chi connectivity index (χ0n) is 22.9. The summed E-state index contributed by atoms with van der Waals surface area (Å²) >= 11 is 0. The lowest BCUT2D eigenvalue weighted by molar-refractivity contribution is -0.136. The third-order valence-electron chi connectivity index (χ3n) is 6.76. The lowest BCUT2D eigenvalue weighted by atomic mass is 10.0. The van der Waals surface area contributed by atoms with Crippen molar-refractivity contribution in [3.8, 4) is 23.0 Å². The molecule has 0 unspecified atom stereocenters. The lowest BCUT2D eigenvalue weighted by Crippen LogP contribution is -2.46. The molecule has 2 N–H and O–H groups in total. The molecule has 0 radical (unpaired) electrons. The molecule has 3 aromatic carbocycles. The van der Waals surface area contributed by atoms with Crippen molar-refractivity contribution in [3.63, 3.8) is 0 Å². The summed E-state index contributed by atoms with van der Waals surface area (Å²) in [6.07, 6.45) is 2.15. The second kappa shape index (κ2) is 12.6. The number of halogens is 1. The van der Waals surface area contributed by atoms with Gasteiger partial charge >= 0.3 is 11.8 Å². The summed E-state index contributed by atoms with van der Waals surface area (Å²) < 4.78 is 32.4. The Morgan fingerprint density at radius 1 is 0.976 bits per heavy atom. The SMILES string of the molecule is COc1cc2c(Oc3ccc(NC(=O)C(=O)NCCc4ccccc4)cc3F)ccnc2cc1OCC1CN(C)C1. The molecule has 4 aromatic rings. The summed E-state index contributed by atoms with van der Waals surface area (Å²) in [5.74, 6) is -0.534. The molecule has 9 nitrogen and oxygen atoms in total. The number of anilines is 1. The Labute approximate surface area is 237 Å². The quantitative estimate of drug-likeness (QED) is 0.278. The number of nitrogens with one attached hydrogen (secondary N) is 2. The van der Waals surface area contributed by atoms with Crippen LogP contribution >= 0.6 is 0 Å². The Morgan fingerprint density at radius 3 is 2.51 bits per heavy atom. The number of likely N-dealkylation sites (tertiary alicyclic amines) is 1. The minimum absolute atomic E-state index is 0.0591. The summed E-state index contributed by atoms with van der Waals surface area (Å²) in [4.78, 5) is 31.1. The highest BCUT2D eigenvalue weighted by atomic mass is 19.1. The Balaban J connectivity index is 1.22. The Bertz CT molecular complexity index is 1540. The van der Waals surface area contributed by atoms with E-state index < -0.39 is 17.6 Å². The molecule has 212 valence electrons. The molecule has 1 saturated heterocycles. The Morgan fingerprint density at radius 2 is 1.78 bits per heavy atom. The summed E-state index contributed by atoms with van der Waals surface area (Å²) in [7, 11) is 3.62. The fraction of sp³-hybridized carbons (Fsp3) is 0.258. The molecule has 1 aromatic heterocycles. The highest BCUT2D eigenvalue weighted by Crippen LogP contribution is 2.38. The number of pyridine rings is 1. The number of ether oxygens (including phenoxy) is 3. The van der Waals surface area contributed by atoms with Crippen LogP contribution in [0.4, 0.5) is 10.1 Å². The first kappa shape index (κ1) is 27.9. The van der Waals surface area contributed by atoms with Crippen molar-refractivity contribution in [3.05, 3.63) is 84.3 Å². The van der Waals surface area contributed by atoms with E-state index in [4.69, 9.17) is 14.2 Å². The highest BCUT2D eigenvalue weighted by molar-refractivity contribution is 6.39. The third-order valence-corrected chi connectivity index (χ3v) is 6.76. The number of fused-ring (bicyclic) bond motifs is 1. The zero-order valence-corrected chi connectivity index (χ0v) is 22.9. The van der Waals surface area contributed by atoms with Crippen molar-refractivity contribution >= 4 is 28.4 Å². The first-order chi connectivity index (χ1) is 19.9. The molecule has 2 heterocycles. The van der Waals surface area contributed by atoms with E-state index in [1.54, 1.807) is 31.5 Å². The van der Waals surface area contributed by atoms with Crippen molar-refractivity contribution in [2.45, 2.75) is 6.42 Å². The van der Waals surface area contributed by atoms with E-state index >= 15 is 0 Å². The molecule has 10 heteroatoms. The van der Waals surface area contributed by atoms with Gasteiger partial charge in [-0.1, -0.05) is 30.3 Å². The number of carbonyl (C=O) groups is 2. The summed E-state index contributed by atoms with van der Waals surface area (Å²) in [5, 5.41) is 5.59. The largest absolute Gasteiger partial charge is 0.493 e. The van der Waals surface area contributed by atoms with Gasteiger partial charge in [-0.2, -0.15) is 0 Å². The van der Waals surface area contributed by atoms with Crippen LogP contribution in [0.3, 0.4) is 0 Å². The predicted octanol–water partition coefficient (Wildman–Crippen LogP) is 4.41. The van der Waals surface area contributed by atoms with Gasteiger partial charge in [-0.05, 0) is 43.3 Å². The van der Waals surface area contributed by atoms with Gasteiger partial charge in [0.1, 0.15) is 5.75 Å². The van der Waals surface area contributed by atoms with Crippen LogP contribution in [0.2, 0.25) is 0 Å². The minimum Gasteiger partial charge on any atom is -0.493 e. The number of hydrogen-bond acceptors (Lipinski definition) is 7. The molecular formula is C31H31FN4O5. The molecular weight excluding hydrogens is 527 g/mol. The predicted molar refractivity (Wildman–Crippen MR) is 153 cm³/mol. The standard InChI is InChI=1S/C31H31FN4O5/c1-36-17-21(18-36)19-40-29-16-25-23(15-28(29)39-2)26(11-13-33-25)41-27-9-8-22(14-24(27)32)35-31(38)30(37)34-12-10-20-6-4-3-5-7-20/h3-9,11,13-16,21H,10,12,17-19H2,1-2H3,(H,34,37)(H,35,38). The molecule has 0 aliphatic carbocycles. The van der Waals surface area contributed by atoms with Gasteiger partial charge in [-0.3, -0.25) is 14.6 Å². The molecule has 0 saturated carbocycles. The van der Waals surface area contributed by atoms with E-state index in [0.717, 1.165) is 24.7 Å². The van der Waals surface area contributed by atoms with Crippen LogP contribution in [0.5, 0.6) is 23.0 Å². The number of nitrogens with zero attached hydrogens (tertiary/aromatic N) is 2. The normalized spacial score (nSPS) is 13.3. The van der Waals surface area contributed by atoms with Crippen molar-refractivity contribution < 1.29 is 28.2 Å².